The molecule has 2 aromatic heterocycles. The van der Waals surface area contributed by atoms with Crippen LogP contribution in [0.4, 0.5) is 5.69 Å². The van der Waals surface area contributed by atoms with Crippen LogP contribution in [0.2, 0.25) is 0 Å². The fourth-order valence-corrected chi connectivity index (χ4v) is 3.53. The number of carbonyl (C=O) groups is 1. The molecular formula is C24H17N3OS. The minimum atomic E-state index is -0.110. The molecule has 0 bridgehead atoms. The molecule has 2 aromatic carbocycles. The smallest absolute Gasteiger partial charge is 0.230 e. The van der Waals surface area contributed by atoms with Crippen molar-refractivity contribution in [3.8, 4) is 22.4 Å². The number of hydrogen-bond donors (Lipinski definition) is 1. The number of aromatic nitrogens is 2. The Morgan fingerprint density at radius 3 is 2.62 bits per heavy atom. The van der Waals surface area contributed by atoms with E-state index in [9.17, 15) is 4.79 Å². The van der Waals surface area contributed by atoms with E-state index in [2.05, 4.69) is 27.1 Å². The molecule has 0 aliphatic carbocycles. The number of pyridine rings is 1. The summed E-state index contributed by atoms with van der Waals surface area (Å²) in [5, 5.41) is 5.69. The molecular weight excluding hydrogens is 378 g/mol. The van der Waals surface area contributed by atoms with Crippen LogP contribution in [0.5, 0.6) is 0 Å². The van der Waals surface area contributed by atoms with Gasteiger partial charge in [0.25, 0.3) is 0 Å². The van der Waals surface area contributed by atoms with Gasteiger partial charge in [-0.1, -0.05) is 36.1 Å². The van der Waals surface area contributed by atoms with Crippen LogP contribution in [0.3, 0.4) is 0 Å². The van der Waals surface area contributed by atoms with E-state index in [1.54, 1.807) is 12.4 Å². The first-order valence-electron chi connectivity index (χ1n) is 9.08. The largest absolute Gasteiger partial charge is 0.326 e. The molecule has 1 N–H and O–H groups in total. The van der Waals surface area contributed by atoms with Crippen LogP contribution >= 0.6 is 11.3 Å². The highest BCUT2D eigenvalue weighted by Crippen LogP contribution is 2.23. The van der Waals surface area contributed by atoms with E-state index in [0.717, 1.165) is 33.1 Å². The fourth-order valence-electron chi connectivity index (χ4n) is 2.72. The molecule has 0 atom stereocenters. The van der Waals surface area contributed by atoms with Gasteiger partial charge in [0, 0.05) is 40.2 Å². The summed E-state index contributed by atoms with van der Waals surface area (Å²) in [5.74, 6) is 6.14. The van der Waals surface area contributed by atoms with Gasteiger partial charge in [-0.05, 0) is 42.5 Å². The molecule has 0 unspecified atom stereocenters. The number of carbonyl (C=O) groups excluding carboxylic acids is 1. The van der Waals surface area contributed by atoms with Gasteiger partial charge in [0.05, 0.1) is 12.1 Å². The number of amides is 1. The van der Waals surface area contributed by atoms with Crippen LogP contribution in [0.25, 0.3) is 10.6 Å². The first-order chi connectivity index (χ1) is 14.3. The van der Waals surface area contributed by atoms with E-state index < -0.39 is 0 Å². The third-order valence-electron chi connectivity index (χ3n) is 4.07. The molecule has 0 spiro atoms. The fraction of sp³-hybridized carbons (Fsp3) is 0.0417. The Hall–Kier alpha value is -3.75. The molecule has 4 nitrogen and oxygen atoms in total. The Kier molecular flexibility index (Phi) is 5.75. The van der Waals surface area contributed by atoms with Gasteiger partial charge in [-0.2, -0.15) is 0 Å². The summed E-state index contributed by atoms with van der Waals surface area (Å²) in [7, 11) is 0. The van der Waals surface area contributed by atoms with Crippen LogP contribution < -0.4 is 5.32 Å². The maximum absolute atomic E-state index is 12.4. The molecule has 2 heterocycles. The van der Waals surface area contributed by atoms with Crippen molar-refractivity contribution in [2.24, 2.45) is 0 Å². The van der Waals surface area contributed by atoms with Crippen molar-refractivity contribution in [3.05, 3.63) is 101 Å². The molecule has 29 heavy (non-hydrogen) atoms. The lowest BCUT2D eigenvalue weighted by Gasteiger charge is -2.04. The Morgan fingerprint density at radius 1 is 0.966 bits per heavy atom. The zero-order valence-electron chi connectivity index (χ0n) is 15.5. The lowest BCUT2D eigenvalue weighted by molar-refractivity contribution is -0.115. The van der Waals surface area contributed by atoms with E-state index in [4.69, 9.17) is 0 Å². The van der Waals surface area contributed by atoms with Gasteiger partial charge in [-0.3, -0.25) is 9.78 Å². The second-order valence-corrected chi connectivity index (χ2v) is 7.17. The Bertz CT molecular complexity index is 1170. The Morgan fingerprint density at radius 2 is 1.79 bits per heavy atom. The van der Waals surface area contributed by atoms with Gasteiger partial charge in [0.15, 0.2) is 0 Å². The predicted octanol–water partition coefficient (Wildman–Crippen LogP) is 4.79. The third kappa shape index (κ3) is 5.16. The Balaban J connectivity index is 1.40. The highest BCUT2D eigenvalue weighted by atomic mass is 32.1. The summed E-state index contributed by atoms with van der Waals surface area (Å²) in [6, 6.07) is 21.2. The first-order valence-corrected chi connectivity index (χ1v) is 9.96. The van der Waals surface area contributed by atoms with Crippen molar-refractivity contribution in [2.75, 3.05) is 5.32 Å². The summed E-state index contributed by atoms with van der Waals surface area (Å²) in [4.78, 5) is 21.1. The molecule has 5 heteroatoms. The van der Waals surface area contributed by atoms with Crippen molar-refractivity contribution in [1.82, 2.24) is 9.97 Å². The SMILES string of the molecule is O=C(Cc1csc(-c2cccnc2)n1)Nc1cccc(C#Cc2ccccc2)c1. The average Bonchev–Trinajstić information content (AvgIpc) is 3.22. The van der Waals surface area contributed by atoms with Gasteiger partial charge < -0.3 is 5.32 Å². The normalized spacial score (nSPS) is 10.1. The molecule has 0 radical (unpaired) electrons. The average molecular weight is 395 g/mol. The maximum Gasteiger partial charge on any atom is 0.230 e. The van der Waals surface area contributed by atoms with E-state index in [-0.39, 0.29) is 12.3 Å². The summed E-state index contributed by atoms with van der Waals surface area (Å²) < 4.78 is 0. The maximum atomic E-state index is 12.4. The van der Waals surface area contributed by atoms with Crippen LogP contribution in [0, 0.1) is 11.8 Å². The van der Waals surface area contributed by atoms with Crippen molar-refractivity contribution in [3.63, 3.8) is 0 Å². The predicted molar refractivity (Wildman–Crippen MR) is 117 cm³/mol. The van der Waals surface area contributed by atoms with Crippen molar-refractivity contribution in [2.45, 2.75) is 6.42 Å². The molecule has 4 aromatic rings. The second kappa shape index (κ2) is 8.96. The first kappa shape index (κ1) is 18.6. The number of nitrogens with one attached hydrogen (secondary N) is 1. The van der Waals surface area contributed by atoms with Gasteiger partial charge in [0.2, 0.25) is 5.91 Å². The standard InChI is InChI=1S/C24H17N3OS/c28-23(15-22-17-29-24(27-22)20-9-5-13-25-16-20)26-21-10-4-8-19(14-21)12-11-18-6-2-1-3-7-18/h1-10,13-14,16-17H,15H2,(H,26,28). The molecule has 0 saturated heterocycles. The Labute approximate surface area is 173 Å². The molecule has 0 aliphatic rings. The zero-order valence-corrected chi connectivity index (χ0v) is 16.3. The van der Waals surface area contributed by atoms with E-state index >= 15 is 0 Å². The van der Waals surface area contributed by atoms with E-state index in [0.29, 0.717) is 0 Å². The molecule has 1 amide bonds. The van der Waals surface area contributed by atoms with Gasteiger partial charge in [-0.15, -0.1) is 11.3 Å². The highest BCUT2D eigenvalue weighted by Gasteiger charge is 2.09. The minimum Gasteiger partial charge on any atom is -0.326 e. The highest BCUT2D eigenvalue weighted by molar-refractivity contribution is 7.13. The summed E-state index contributed by atoms with van der Waals surface area (Å²) in [6.45, 7) is 0. The molecule has 4 rings (SSSR count). The minimum absolute atomic E-state index is 0.110. The number of nitrogens with zero attached hydrogens (tertiary/aromatic N) is 2. The monoisotopic (exact) mass is 395 g/mol. The lowest BCUT2D eigenvalue weighted by Crippen LogP contribution is -2.14. The topological polar surface area (TPSA) is 54.9 Å². The zero-order chi connectivity index (χ0) is 19.9. The number of benzene rings is 2. The molecule has 0 saturated carbocycles. The number of hydrogen-bond acceptors (Lipinski definition) is 4. The molecule has 0 aliphatic heterocycles. The number of rotatable bonds is 4. The van der Waals surface area contributed by atoms with E-state index in [1.807, 2.05) is 72.1 Å². The molecule has 0 fully saturated rings. The van der Waals surface area contributed by atoms with Gasteiger partial charge >= 0.3 is 0 Å². The van der Waals surface area contributed by atoms with E-state index in [1.165, 1.54) is 11.3 Å². The summed E-state index contributed by atoms with van der Waals surface area (Å²) in [5.41, 5.74) is 4.21. The van der Waals surface area contributed by atoms with Crippen LogP contribution in [0.1, 0.15) is 16.8 Å². The van der Waals surface area contributed by atoms with Crippen molar-refractivity contribution >= 4 is 22.9 Å². The second-order valence-electron chi connectivity index (χ2n) is 6.31. The lowest BCUT2D eigenvalue weighted by atomic mass is 10.1. The number of anilines is 1. The molecule has 140 valence electrons. The summed E-state index contributed by atoms with van der Waals surface area (Å²) >= 11 is 1.51. The van der Waals surface area contributed by atoms with Crippen molar-refractivity contribution in [1.29, 1.82) is 0 Å². The quantitative estimate of drug-likeness (QED) is 0.506. The van der Waals surface area contributed by atoms with Gasteiger partial charge in [0.1, 0.15) is 5.01 Å². The van der Waals surface area contributed by atoms with Crippen LogP contribution in [0.15, 0.2) is 84.5 Å². The summed E-state index contributed by atoms with van der Waals surface area (Å²) in [6.07, 6.45) is 3.71. The number of thiazole rings is 1. The third-order valence-corrected chi connectivity index (χ3v) is 5.01. The van der Waals surface area contributed by atoms with Crippen LogP contribution in [-0.2, 0) is 11.2 Å². The van der Waals surface area contributed by atoms with Crippen molar-refractivity contribution < 1.29 is 4.79 Å². The van der Waals surface area contributed by atoms with Crippen LogP contribution in [-0.4, -0.2) is 15.9 Å². The van der Waals surface area contributed by atoms with Gasteiger partial charge in [-0.25, -0.2) is 4.98 Å².